The Labute approximate surface area is 179 Å². The third-order valence-corrected chi connectivity index (χ3v) is 7.57. The van der Waals surface area contributed by atoms with Crippen LogP contribution in [-0.4, -0.2) is 41.1 Å². The van der Waals surface area contributed by atoms with Gasteiger partial charge in [-0.05, 0) is 56.1 Å². The van der Waals surface area contributed by atoms with Crippen LogP contribution in [0.2, 0.25) is 0 Å². The summed E-state index contributed by atoms with van der Waals surface area (Å²) in [5.41, 5.74) is 2.12. The zero-order valence-corrected chi connectivity index (χ0v) is 18.1. The lowest BCUT2D eigenvalue weighted by atomic mass is 9.62. The van der Waals surface area contributed by atoms with E-state index in [2.05, 4.69) is 13.0 Å². The maximum absolute atomic E-state index is 11.5. The van der Waals surface area contributed by atoms with Crippen molar-refractivity contribution in [2.24, 2.45) is 11.3 Å². The van der Waals surface area contributed by atoms with E-state index in [1.54, 1.807) is 6.07 Å². The van der Waals surface area contributed by atoms with Crippen LogP contribution in [0.1, 0.15) is 73.4 Å². The van der Waals surface area contributed by atoms with Crippen molar-refractivity contribution < 1.29 is 24.5 Å². The van der Waals surface area contributed by atoms with Gasteiger partial charge in [-0.15, -0.1) is 0 Å². The van der Waals surface area contributed by atoms with Crippen LogP contribution in [0.25, 0.3) is 0 Å². The van der Waals surface area contributed by atoms with E-state index < -0.39 is 12.1 Å². The van der Waals surface area contributed by atoms with E-state index in [1.165, 1.54) is 12.8 Å². The van der Waals surface area contributed by atoms with E-state index in [0.29, 0.717) is 23.5 Å². The average Bonchev–Trinajstić information content (AvgIpc) is 2.96. The molecule has 1 saturated carbocycles. The lowest BCUT2D eigenvalue weighted by Gasteiger charge is -2.45. The molecular formula is C25H34O5. The van der Waals surface area contributed by atoms with E-state index >= 15 is 0 Å². The van der Waals surface area contributed by atoms with Crippen LogP contribution in [0.3, 0.4) is 0 Å². The molecule has 0 radical (unpaired) electrons. The predicted molar refractivity (Wildman–Crippen MR) is 115 cm³/mol. The van der Waals surface area contributed by atoms with Crippen molar-refractivity contribution >= 4 is 5.97 Å². The van der Waals surface area contributed by atoms with Crippen LogP contribution in [-0.2, 0) is 11.2 Å². The molecule has 2 fully saturated rings. The summed E-state index contributed by atoms with van der Waals surface area (Å²) in [6, 6.07) is 3.57. The molecule has 1 aliphatic carbocycles. The summed E-state index contributed by atoms with van der Waals surface area (Å²) in [5, 5.41) is 20.3. The fourth-order valence-corrected chi connectivity index (χ4v) is 5.42. The van der Waals surface area contributed by atoms with Gasteiger partial charge in [-0.2, -0.15) is 0 Å². The van der Waals surface area contributed by atoms with Gasteiger partial charge in [0.15, 0.2) is 0 Å². The van der Waals surface area contributed by atoms with Gasteiger partial charge in [0.25, 0.3) is 0 Å². The molecule has 2 N–H and O–H groups in total. The summed E-state index contributed by atoms with van der Waals surface area (Å²) < 4.78 is 12.4. The number of rotatable bonds is 7. The van der Waals surface area contributed by atoms with E-state index in [1.807, 2.05) is 19.1 Å². The molecule has 2 aliphatic heterocycles. The second-order valence-electron chi connectivity index (χ2n) is 9.34. The van der Waals surface area contributed by atoms with Crippen molar-refractivity contribution in [2.75, 3.05) is 6.61 Å². The highest BCUT2D eigenvalue weighted by Gasteiger charge is 2.43. The Morgan fingerprint density at radius 3 is 2.83 bits per heavy atom. The summed E-state index contributed by atoms with van der Waals surface area (Å²) in [4.78, 5) is 11.5. The summed E-state index contributed by atoms with van der Waals surface area (Å²) in [7, 11) is 0. The smallest absolute Gasteiger partial charge is 0.336 e. The zero-order valence-electron chi connectivity index (χ0n) is 18.1. The van der Waals surface area contributed by atoms with Crippen molar-refractivity contribution in [1.29, 1.82) is 0 Å². The summed E-state index contributed by atoms with van der Waals surface area (Å²) in [6.07, 6.45) is 12.1. The number of carboxylic acids is 1. The molecule has 0 bridgehead atoms. The Balaban J connectivity index is 1.46. The normalized spacial score (nSPS) is 28.2. The molecular weight excluding hydrogens is 380 g/mol. The topological polar surface area (TPSA) is 76.0 Å². The minimum absolute atomic E-state index is 0.0606. The Hall–Kier alpha value is -1.85. The summed E-state index contributed by atoms with van der Waals surface area (Å²) >= 11 is 0. The van der Waals surface area contributed by atoms with E-state index in [9.17, 15) is 15.0 Å². The molecule has 1 saturated heterocycles. The maximum atomic E-state index is 11.5. The Morgan fingerprint density at radius 2 is 2.17 bits per heavy atom. The number of aliphatic hydroxyl groups excluding tert-OH is 1. The van der Waals surface area contributed by atoms with Crippen molar-refractivity contribution in [3.63, 3.8) is 0 Å². The first-order chi connectivity index (χ1) is 14.4. The van der Waals surface area contributed by atoms with Crippen LogP contribution in [0.5, 0.6) is 5.75 Å². The number of carbonyl (C=O) groups is 1. The SMILES string of the molecule is CCCCC1(C(O)/C=C/[C@H]2OC[C@@H]3Oc4c(ccc(C(=O)O)c4C)CC[C@@H]32)CCC1. The largest absolute Gasteiger partial charge is 0.487 e. The molecule has 1 unspecified atom stereocenters. The molecule has 5 nitrogen and oxygen atoms in total. The van der Waals surface area contributed by atoms with Gasteiger partial charge in [0.2, 0.25) is 0 Å². The number of benzene rings is 1. The second-order valence-corrected chi connectivity index (χ2v) is 9.34. The average molecular weight is 415 g/mol. The molecule has 5 heteroatoms. The minimum atomic E-state index is -0.926. The third-order valence-electron chi connectivity index (χ3n) is 7.57. The number of aromatic carboxylic acids is 1. The fourth-order valence-electron chi connectivity index (χ4n) is 5.42. The predicted octanol–water partition coefficient (Wildman–Crippen LogP) is 4.68. The number of ether oxygens (including phenoxy) is 2. The van der Waals surface area contributed by atoms with Crippen LogP contribution in [0, 0.1) is 18.3 Å². The lowest BCUT2D eigenvalue weighted by Crippen LogP contribution is -2.40. The van der Waals surface area contributed by atoms with Gasteiger partial charge in [-0.1, -0.05) is 44.4 Å². The number of hydrogen-bond donors (Lipinski definition) is 2. The van der Waals surface area contributed by atoms with Gasteiger partial charge < -0.3 is 19.7 Å². The zero-order chi connectivity index (χ0) is 21.3. The van der Waals surface area contributed by atoms with Crippen LogP contribution in [0.4, 0.5) is 0 Å². The Kier molecular flexibility index (Phi) is 6.21. The van der Waals surface area contributed by atoms with E-state index in [4.69, 9.17) is 9.47 Å². The highest BCUT2D eigenvalue weighted by atomic mass is 16.6. The lowest BCUT2D eigenvalue weighted by molar-refractivity contribution is -0.0147. The minimum Gasteiger partial charge on any atom is -0.487 e. The van der Waals surface area contributed by atoms with Crippen molar-refractivity contribution in [3.05, 3.63) is 41.0 Å². The first-order valence-electron chi connectivity index (χ1n) is 11.5. The summed E-state index contributed by atoms with van der Waals surface area (Å²) in [5.74, 6) is -0.00433. The number of aryl methyl sites for hydroxylation is 1. The monoisotopic (exact) mass is 414 g/mol. The van der Waals surface area contributed by atoms with Gasteiger partial charge >= 0.3 is 5.97 Å². The fraction of sp³-hybridized carbons (Fsp3) is 0.640. The quantitative estimate of drug-likeness (QED) is 0.634. The molecule has 30 heavy (non-hydrogen) atoms. The molecule has 1 aromatic rings. The van der Waals surface area contributed by atoms with E-state index in [0.717, 1.165) is 44.1 Å². The van der Waals surface area contributed by atoms with Crippen molar-refractivity contribution in [1.82, 2.24) is 0 Å². The Morgan fingerprint density at radius 1 is 1.37 bits per heavy atom. The first kappa shape index (κ1) is 21.4. The third kappa shape index (κ3) is 3.90. The molecule has 4 atom stereocenters. The standard InChI is InChI=1S/C25H34O5/c1-3-4-12-25(13-5-14-25)22(26)11-10-20-19-9-7-17-6-8-18(24(27)28)16(2)23(17)30-21(19)15-29-20/h6,8,10-11,19-22,26H,3-5,7,9,12-15H2,1-2H3,(H,27,28)/b11-10+/t19-,20-,21+,22?/m1/s1. The Bertz CT molecular complexity index is 810. The molecule has 0 aromatic heterocycles. The number of unbranched alkanes of at least 4 members (excludes halogenated alkanes) is 1. The van der Waals surface area contributed by atoms with E-state index in [-0.39, 0.29) is 23.5 Å². The first-order valence-corrected chi connectivity index (χ1v) is 11.5. The molecule has 3 aliphatic rings. The number of fused-ring (bicyclic) bond motifs is 2. The number of hydrogen-bond acceptors (Lipinski definition) is 4. The maximum Gasteiger partial charge on any atom is 0.336 e. The number of aliphatic hydroxyl groups is 1. The van der Waals surface area contributed by atoms with Gasteiger partial charge in [0.1, 0.15) is 11.9 Å². The molecule has 0 spiro atoms. The summed E-state index contributed by atoms with van der Waals surface area (Å²) in [6.45, 7) is 4.51. The molecule has 2 heterocycles. The number of carboxylic acid groups (broad SMARTS) is 1. The second kappa shape index (κ2) is 8.72. The van der Waals surface area contributed by atoms with Crippen LogP contribution >= 0.6 is 0 Å². The van der Waals surface area contributed by atoms with Gasteiger partial charge in [0.05, 0.1) is 24.4 Å². The van der Waals surface area contributed by atoms with Gasteiger partial charge in [-0.3, -0.25) is 0 Å². The van der Waals surface area contributed by atoms with Gasteiger partial charge in [0, 0.05) is 11.5 Å². The highest BCUT2D eigenvalue weighted by Crippen LogP contribution is 2.48. The molecule has 0 amide bonds. The van der Waals surface area contributed by atoms with Gasteiger partial charge in [-0.25, -0.2) is 4.79 Å². The van der Waals surface area contributed by atoms with Crippen LogP contribution < -0.4 is 4.74 Å². The van der Waals surface area contributed by atoms with Crippen LogP contribution in [0.15, 0.2) is 24.3 Å². The molecule has 4 rings (SSSR count). The molecule has 1 aromatic carbocycles. The highest BCUT2D eigenvalue weighted by molar-refractivity contribution is 5.90. The van der Waals surface area contributed by atoms with Crippen molar-refractivity contribution in [2.45, 2.75) is 83.5 Å². The molecule has 164 valence electrons. The van der Waals surface area contributed by atoms with Crippen molar-refractivity contribution in [3.8, 4) is 5.75 Å².